The van der Waals surface area contributed by atoms with Gasteiger partial charge >= 0.3 is 0 Å². The van der Waals surface area contributed by atoms with E-state index in [4.69, 9.17) is 4.74 Å². The molecule has 0 bridgehead atoms. The highest BCUT2D eigenvalue weighted by Crippen LogP contribution is 2.29. The van der Waals surface area contributed by atoms with Crippen LogP contribution in [-0.2, 0) is 16.0 Å². The minimum atomic E-state index is -0.296. The number of β-amino-alcohol motifs (C(OH)–C–C–N with tert-alkyl or cyclic N) is 1. The molecule has 31 heavy (non-hydrogen) atoms. The molecule has 2 aliphatic heterocycles. The largest absolute Gasteiger partial charge is 0.482 e. The number of likely N-dealkylation sites (N-methyl/N-ethyl adjacent to an activating group) is 1. The summed E-state index contributed by atoms with van der Waals surface area (Å²) in [5.74, 6) is 0.417. The monoisotopic (exact) mass is 445 g/mol. The van der Waals surface area contributed by atoms with Gasteiger partial charge in [0.25, 0.3) is 5.91 Å². The van der Waals surface area contributed by atoms with Crippen LogP contribution in [0.3, 0.4) is 0 Å². The van der Waals surface area contributed by atoms with Crippen LogP contribution >= 0.6 is 12.4 Å². The third kappa shape index (κ3) is 5.55. The van der Waals surface area contributed by atoms with Crippen molar-refractivity contribution in [3.63, 3.8) is 0 Å². The van der Waals surface area contributed by atoms with Crippen LogP contribution in [0.2, 0.25) is 0 Å². The van der Waals surface area contributed by atoms with Crippen LogP contribution in [0, 0.1) is 0 Å². The number of fused-ring (bicyclic) bond motifs is 1. The molecule has 0 aromatic heterocycles. The number of aliphatic hydroxyl groups excluding tert-OH is 1. The van der Waals surface area contributed by atoms with E-state index in [9.17, 15) is 14.7 Å². The number of anilines is 1. The zero-order chi connectivity index (χ0) is 21.1. The molecule has 2 aliphatic rings. The molecule has 1 fully saturated rings. The molecule has 0 unspecified atom stereocenters. The Labute approximate surface area is 188 Å². The van der Waals surface area contributed by atoms with E-state index in [0.29, 0.717) is 24.5 Å². The van der Waals surface area contributed by atoms with Crippen molar-refractivity contribution in [3.8, 4) is 5.75 Å². The van der Waals surface area contributed by atoms with Gasteiger partial charge in [-0.15, -0.1) is 12.4 Å². The third-order valence-electron chi connectivity index (χ3n) is 5.76. The van der Waals surface area contributed by atoms with Gasteiger partial charge in [-0.25, -0.2) is 0 Å². The molecular weight excluding hydrogens is 418 g/mol. The zero-order valence-electron chi connectivity index (χ0n) is 17.5. The molecule has 1 saturated heterocycles. The van der Waals surface area contributed by atoms with E-state index in [-0.39, 0.29) is 49.4 Å². The van der Waals surface area contributed by atoms with E-state index in [0.717, 1.165) is 24.1 Å². The van der Waals surface area contributed by atoms with Gasteiger partial charge in [0.15, 0.2) is 6.61 Å². The molecule has 2 heterocycles. The SMILES string of the molecule is CN(C(=O)Cc1ccc2c(c1)NC(=O)CO2)[C@H](CN1CC[C@H](O)C1)c1ccccc1.Cl. The lowest BCUT2D eigenvalue weighted by molar-refractivity contribution is -0.131. The molecule has 0 saturated carbocycles. The van der Waals surface area contributed by atoms with Crippen LogP contribution in [0.15, 0.2) is 48.5 Å². The number of ether oxygens (including phenoxy) is 1. The van der Waals surface area contributed by atoms with Gasteiger partial charge in [0.1, 0.15) is 5.75 Å². The summed E-state index contributed by atoms with van der Waals surface area (Å²) in [6.45, 7) is 2.16. The maximum absolute atomic E-state index is 13.1. The first-order valence-electron chi connectivity index (χ1n) is 10.3. The van der Waals surface area contributed by atoms with Crippen molar-refractivity contribution in [1.29, 1.82) is 0 Å². The summed E-state index contributed by atoms with van der Waals surface area (Å²) < 4.78 is 5.39. The molecule has 0 spiro atoms. The normalized spacial score (nSPS) is 18.9. The van der Waals surface area contributed by atoms with Crippen molar-refractivity contribution < 1.29 is 19.4 Å². The highest BCUT2D eigenvalue weighted by Gasteiger charge is 2.28. The van der Waals surface area contributed by atoms with Gasteiger partial charge in [-0.1, -0.05) is 36.4 Å². The second-order valence-corrected chi connectivity index (χ2v) is 7.98. The van der Waals surface area contributed by atoms with Crippen molar-refractivity contribution >= 4 is 29.9 Å². The number of hydrogen-bond donors (Lipinski definition) is 2. The number of benzene rings is 2. The zero-order valence-corrected chi connectivity index (χ0v) is 18.3. The lowest BCUT2D eigenvalue weighted by Crippen LogP contribution is -2.39. The van der Waals surface area contributed by atoms with Crippen molar-refractivity contribution in [3.05, 3.63) is 59.7 Å². The fourth-order valence-electron chi connectivity index (χ4n) is 4.06. The smallest absolute Gasteiger partial charge is 0.262 e. The molecule has 2 atom stereocenters. The number of rotatable bonds is 6. The Morgan fingerprint density at radius 1 is 1.29 bits per heavy atom. The Hall–Kier alpha value is -2.61. The van der Waals surface area contributed by atoms with Crippen LogP contribution in [0.25, 0.3) is 0 Å². The van der Waals surface area contributed by atoms with E-state index in [1.54, 1.807) is 17.0 Å². The van der Waals surface area contributed by atoms with Gasteiger partial charge in [0.05, 0.1) is 24.3 Å². The van der Waals surface area contributed by atoms with Crippen LogP contribution in [-0.4, -0.2) is 66.1 Å². The van der Waals surface area contributed by atoms with Gasteiger partial charge in [-0.05, 0) is 29.7 Å². The highest BCUT2D eigenvalue weighted by molar-refractivity contribution is 5.95. The van der Waals surface area contributed by atoms with E-state index in [2.05, 4.69) is 10.2 Å². The second kappa shape index (κ2) is 10.1. The van der Waals surface area contributed by atoms with Gasteiger partial charge < -0.3 is 20.1 Å². The molecule has 2 amide bonds. The van der Waals surface area contributed by atoms with Gasteiger partial charge in [0.2, 0.25) is 5.91 Å². The highest BCUT2D eigenvalue weighted by atomic mass is 35.5. The predicted octanol–water partition coefficient (Wildman–Crippen LogP) is 2.25. The van der Waals surface area contributed by atoms with Crippen LogP contribution in [0.4, 0.5) is 5.69 Å². The molecule has 2 aromatic carbocycles. The minimum absolute atomic E-state index is 0. The molecule has 8 heteroatoms. The molecule has 7 nitrogen and oxygen atoms in total. The quantitative estimate of drug-likeness (QED) is 0.712. The summed E-state index contributed by atoms with van der Waals surface area (Å²) in [4.78, 5) is 28.7. The van der Waals surface area contributed by atoms with Gasteiger partial charge in [-0.2, -0.15) is 0 Å². The number of nitrogens with zero attached hydrogens (tertiary/aromatic N) is 2. The Kier molecular flexibility index (Phi) is 7.54. The van der Waals surface area contributed by atoms with E-state index in [1.165, 1.54) is 0 Å². The topological polar surface area (TPSA) is 82.1 Å². The fourth-order valence-corrected chi connectivity index (χ4v) is 4.06. The molecule has 2 aromatic rings. The first kappa shape index (κ1) is 23.1. The Morgan fingerprint density at radius 2 is 2.06 bits per heavy atom. The summed E-state index contributed by atoms with van der Waals surface area (Å²) in [5, 5.41) is 12.7. The number of nitrogens with one attached hydrogen (secondary N) is 1. The summed E-state index contributed by atoms with van der Waals surface area (Å²) in [6, 6.07) is 15.3. The average molecular weight is 446 g/mol. The fraction of sp³-hybridized carbons (Fsp3) is 0.391. The number of likely N-dealkylation sites (tertiary alicyclic amines) is 1. The van der Waals surface area contributed by atoms with E-state index < -0.39 is 0 Å². The first-order chi connectivity index (χ1) is 14.5. The summed E-state index contributed by atoms with van der Waals surface area (Å²) >= 11 is 0. The number of hydrogen-bond acceptors (Lipinski definition) is 5. The third-order valence-corrected chi connectivity index (χ3v) is 5.76. The lowest BCUT2D eigenvalue weighted by Gasteiger charge is -2.32. The Balaban J connectivity index is 0.00000272. The van der Waals surface area contributed by atoms with Gasteiger partial charge in [-0.3, -0.25) is 14.5 Å². The summed E-state index contributed by atoms with van der Waals surface area (Å²) in [7, 11) is 1.83. The average Bonchev–Trinajstić information content (AvgIpc) is 3.16. The van der Waals surface area contributed by atoms with Crippen LogP contribution < -0.4 is 10.1 Å². The number of amides is 2. The number of aliphatic hydroxyl groups is 1. The summed E-state index contributed by atoms with van der Waals surface area (Å²) in [6.07, 6.45) is 0.698. The van der Waals surface area contributed by atoms with Crippen LogP contribution in [0.5, 0.6) is 5.75 Å². The first-order valence-corrected chi connectivity index (χ1v) is 10.3. The number of carbonyl (C=O) groups excluding carboxylic acids is 2. The van der Waals surface area contributed by atoms with Crippen molar-refractivity contribution in [2.24, 2.45) is 0 Å². The molecule has 4 rings (SSSR count). The minimum Gasteiger partial charge on any atom is -0.482 e. The molecule has 166 valence electrons. The maximum Gasteiger partial charge on any atom is 0.262 e. The number of halogens is 1. The van der Waals surface area contributed by atoms with Gasteiger partial charge in [0, 0.05) is 26.7 Å². The number of carbonyl (C=O) groups is 2. The molecule has 2 N–H and O–H groups in total. The van der Waals surface area contributed by atoms with Crippen molar-refractivity contribution in [1.82, 2.24) is 9.80 Å². The Morgan fingerprint density at radius 3 is 2.77 bits per heavy atom. The van der Waals surface area contributed by atoms with Crippen molar-refractivity contribution in [2.45, 2.75) is 25.0 Å². The maximum atomic E-state index is 13.1. The molecule has 0 aliphatic carbocycles. The van der Waals surface area contributed by atoms with E-state index in [1.807, 2.05) is 43.4 Å². The van der Waals surface area contributed by atoms with E-state index >= 15 is 0 Å². The summed E-state index contributed by atoms with van der Waals surface area (Å²) in [5.41, 5.74) is 2.49. The second-order valence-electron chi connectivity index (χ2n) is 7.98. The standard InChI is InChI=1S/C23H27N3O4.ClH/c1-25(20(17-5-3-2-4-6-17)14-26-10-9-18(27)13-26)23(29)12-16-7-8-21-19(11-16)24-22(28)15-30-21;/h2-8,11,18,20,27H,9-10,12-15H2,1H3,(H,24,28);1H/t18-,20+;/m0./s1. The molecular formula is C23H28ClN3O4. The lowest BCUT2D eigenvalue weighted by atomic mass is 10.0. The Bertz CT molecular complexity index is 924. The van der Waals surface area contributed by atoms with Crippen LogP contribution in [0.1, 0.15) is 23.6 Å². The van der Waals surface area contributed by atoms with Crippen molar-refractivity contribution in [2.75, 3.05) is 38.6 Å². The predicted molar refractivity (Wildman–Crippen MR) is 121 cm³/mol. The molecule has 0 radical (unpaired) electrons.